The van der Waals surface area contributed by atoms with Gasteiger partial charge in [0.15, 0.2) is 0 Å². The van der Waals surface area contributed by atoms with Crippen molar-refractivity contribution in [3.8, 4) is 5.75 Å². The van der Waals surface area contributed by atoms with E-state index in [2.05, 4.69) is 6.08 Å². The smallest absolute Gasteiger partial charge is 0.119 e. The molecular formula is C12H15NO2. The molecule has 1 aromatic rings. The summed E-state index contributed by atoms with van der Waals surface area (Å²) in [5.74, 6) is 0.858. The van der Waals surface area contributed by atoms with Crippen LogP contribution in [0.2, 0.25) is 0 Å². The van der Waals surface area contributed by atoms with Gasteiger partial charge in [0.1, 0.15) is 12.4 Å². The van der Waals surface area contributed by atoms with E-state index in [1.807, 2.05) is 24.3 Å². The molecule has 0 fully saturated rings. The van der Waals surface area contributed by atoms with Crippen molar-refractivity contribution in [2.75, 3.05) is 25.6 Å². The minimum atomic E-state index is 0.646. The van der Waals surface area contributed by atoms with Crippen LogP contribution in [-0.2, 0) is 4.74 Å². The van der Waals surface area contributed by atoms with Crippen LogP contribution in [0.3, 0.4) is 0 Å². The first-order chi connectivity index (χ1) is 7.34. The van der Waals surface area contributed by atoms with Gasteiger partial charge in [0.25, 0.3) is 0 Å². The SMILES string of the molecule is Nc1ccc(OCC2=CCOCC2)cc1. The molecular weight excluding hydrogens is 190 g/mol. The van der Waals surface area contributed by atoms with E-state index in [1.54, 1.807) is 0 Å². The summed E-state index contributed by atoms with van der Waals surface area (Å²) in [7, 11) is 0. The molecule has 0 spiro atoms. The molecule has 0 bridgehead atoms. The molecule has 0 saturated heterocycles. The van der Waals surface area contributed by atoms with Crippen LogP contribution in [0.4, 0.5) is 5.69 Å². The Labute approximate surface area is 89.5 Å². The molecule has 2 rings (SSSR count). The summed E-state index contributed by atoms with van der Waals surface area (Å²) in [4.78, 5) is 0. The average molecular weight is 205 g/mol. The third-order valence-electron chi connectivity index (χ3n) is 2.36. The minimum absolute atomic E-state index is 0.646. The molecule has 1 aliphatic rings. The van der Waals surface area contributed by atoms with Gasteiger partial charge in [-0.3, -0.25) is 0 Å². The molecule has 15 heavy (non-hydrogen) atoms. The van der Waals surface area contributed by atoms with E-state index in [0.717, 1.165) is 24.5 Å². The van der Waals surface area contributed by atoms with Gasteiger partial charge >= 0.3 is 0 Å². The molecule has 0 radical (unpaired) electrons. The van der Waals surface area contributed by atoms with E-state index >= 15 is 0 Å². The zero-order valence-electron chi connectivity index (χ0n) is 8.61. The number of anilines is 1. The number of hydrogen-bond acceptors (Lipinski definition) is 3. The molecule has 0 aromatic heterocycles. The van der Waals surface area contributed by atoms with Crippen molar-refractivity contribution in [3.05, 3.63) is 35.9 Å². The molecule has 1 aromatic carbocycles. The van der Waals surface area contributed by atoms with Gasteiger partial charge in [0.05, 0.1) is 13.2 Å². The van der Waals surface area contributed by atoms with Crippen molar-refractivity contribution in [2.45, 2.75) is 6.42 Å². The maximum atomic E-state index is 5.62. The largest absolute Gasteiger partial charge is 0.489 e. The van der Waals surface area contributed by atoms with Gasteiger partial charge in [0, 0.05) is 5.69 Å². The lowest BCUT2D eigenvalue weighted by molar-refractivity contribution is 0.150. The van der Waals surface area contributed by atoms with Crippen LogP contribution < -0.4 is 10.5 Å². The molecule has 2 N–H and O–H groups in total. The second kappa shape index (κ2) is 4.84. The number of nitrogens with two attached hydrogens (primary N) is 1. The van der Waals surface area contributed by atoms with Gasteiger partial charge in [-0.2, -0.15) is 0 Å². The van der Waals surface area contributed by atoms with Crippen molar-refractivity contribution >= 4 is 5.69 Å². The van der Waals surface area contributed by atoms with E-state index < -0.39 is 0 Å². The highest BCUT2D eigenvalue weighted by Crippen LogP contribution is 2.15. The van der Waals surface area contributed by atoms with Gasteiger partial charge in [-0.05, 0) is 36.3 Å². The molecule has 3 nitrogen and oxygen atoms in total. The molecule has 0 saturated carbocycles. The number of benzene rings is 1. The second-order valence-corrected chi connectivity index (χ2v) is 3.54. The highest BCUT2D eigenvalue weighted by molar-refractivity contribution is 5.41. The number of nitrogen functional groups attached to an aromatic ring is 1. The first kappa shape index (κ1) is 10.1. The summed E-state index contributed by atoms with van der Waals surface area (Å²) in [6.07, 6.45) is 3.05. The Morgan fingerprint density at radius 3 is 2.73 bits per heavy atom. The fourth-order valence-corrected chi connectivity index (χ4v) is 1.44. The third-order valence-corrected chi connectivity index (χ3v) is 2.36. The average Bonchev–Trinajstić information content (AvgIpc) is 2.30. The fourth-order valence-electron chi connectivity index (χ4n) is 1.44. The van der Waals surface area contributed by atoms with Crippen molar-refractivity contribution in [3.63, 3.8) is 0 Å². The Hall–Kier alpha value is -1.48. The van der Waals surface area contributed by atoms with Crippen molar-refractivity contribution in [1.82, 2.24) is 0 Å². The summed E-state index contributed by atoms with van der Waals surface area (Å²) < 4.78 is 10.8. The summed E-state index contributed by atoms with van der Waals surface area (Å²) >= 11 is 0. The molecule has 0 aliphatic carbocycles. The van der Waals surface area contributed by atoms with E-state index in [0.29, 0.717) is 13.2 Å². The summed E-state index contributed by atoms with van der Waals surface area (Å²) in [5.41, 5.74) is 7.64. The molecule has 1 aliphatic heterocycles. The molecule has 3 heteroatoms. The zero-order chi connectivity index (χ0) is 10.5. The van der Waals surface area contributed by atoms with Gasteiger partial charge in [-0.25, -0.2) is 0 Å². The van der Waals surface area contributed by atoms with E-state index in [9.17, 15) is 0 Å². The summed E-state index contributed by atoms with van der Waals surface area (Å²) in [6, 6.07) is 7.45. The first-order valence-electron chi connectivity index (χ1n) is 5.08. The van der Waals surface area contributed by atoms with Gasteiger partial charge in [0.2, 0.25) is 0 Å². The van der Waals surface area contributed by atoms with Crippen LogP contribution in [0.5, 0.6) is 5.75 Å². The second-order valence-electron chi connectivity index (χ2n) is 3.54. The van der Waals surface area contributed by atoms with Crippen molar-refractivity contribution in [1.29, 1.82) is 0 Å². The number of hydrogen-bond donors (Lipinski definition) is 1. The maximum absolute atomic E-state index is 5.62. The molecule has 80 valence electrons. The normalized spacial score (nSPS) is 15.9. The van der Waals surface area contributed by atoms with Crippen molar-refractivity contribution < 1.29 is 9.47 Å². The predicted octanol–water partition coefficient (Wildman–Crippen LogP) is 1.99. The van der Waals surface area contributed by atoms with Crippen LogP contribution >= 0.6 is 0 Å². The Balaban J connectivity index is 1.87. The molecule has 0 unspecified atom stereocenters. The zero-order valence-corrected chi connectivity index (χ0v) is 8.61. The Bertz CT molecular complexity index is 343. The first-order valence-corrected chi connectivity index (χ1v) is 5.08. The number of ether oxygens (including phenoxy) is 2. The topological polar surface area (TPSA) is 44.5 Å². The summed E-state index contributed by atoms with van der Waals surface area (Å²) in [6.45, 7) is 2.16. The van der Waals surface area contributed by atoms with Gasteiger partial charge in [-0.1, -0.05) is 6.08 Å². The fraction of sp³-hybridized carbons (Fsp3) is 0.333. The lowest BCUT2D eigenvalue weighted by Gasteiger charge is -2.14. The third kappa shape index (κ3) is 2.99. The Morgan fingerprint density at radius 2 is 2.07 bits per heavy atom. The summed E-state index contributed by atoms with van der Waals surface area (Å²) in [5, 5.41) is 0. The van der Waals surface area contributed by atoms with Crippen LogP contribution in [0.25, 0.3) is 0 Å². The Kier molecular flexibility index (Phi) is 3.25. The monoisotopic (exact) mass is 205 g/mol. The lowest BCUT2D eigenvalue weighted by atomic mass is 10.2. The maximum Gasteiger partial charge on any atom is 0.119 e. The van der Waals surface area contributed by atoms with E-state index in [1.165, 1.54) is 5.57 Å². The van der Waals surface area contributed by atoms with Gasteiger partial charge in [-0.15, -0.1) is 0 Å². The predicted molar refractivity (Wildman–Crippen MR) is 59.9 cm³/mol. The highest BCUT2D eigenvalue weighted by atomic mass is 16.5. The van der Waals surface area contributed by atoms with E-state index in [4.69, 9.17) is 15.2 Å². The molecule has 0 amide bonds. The number of rotatable bonds is 3. The van der Waals surface area contributed by atoms with Gasteiger partial charge < -0.3 is 15.2 Å². The standard InChI is InChI=1S/C12H15NO2/c13-11-1-3-12(4-2-11)15-9-10-5-7-14-8-6-10/h1-5H,6-9,13H2. The van der Waals surface area contributed by atoms with Crippen LogP contribution in [0, 0.1) is 0 Å². The van der Waals surface area contributed by atoms with Crippen LogP contribution in [-0.4, -0.2) is 19.8 Å². The highest BCUT2D eigenvalue weighted by Gasteiger charge is 2.04. The van der Waals surface area contributed by atoms with Crippen LogP contribution in [0.1, 0.15) is 6.42 Å². The molecule has 0 atom stereocenters. The Morgan fingerprint density at radius 1 is 1.27 bits per heavy atom. The van der Waals surface area contributed by atoms with E-state index in [-0.39, 0.29) is 0 Å². The molecule has 1 heterocycles. The quantitative estimate of drug-likeness (QED) is 0.606. The lowest BCUT2D eigenvalue weighted by Crippen LogP contribution is -2.10. The van der Waals surface area contributed by atoms with Crippen LogP contribution in [0.15, 0.2) is 35.9 Å². The minimum Gasteiger partial charge on any atom is -0.489 e. The van der Waals surface area contributed by atoms with Crippen molar-refractivity contribution in [2.24, 2.45) is 0 Å².